The van der Waals surface area contributed by atoms with Gasteiger partial charge < -0.3 is 15.2 Å². The van der Waals surface area contributed by atoms with Crippen molar-refractivity contribution < 1.29 is 24.2 Å². The first-order valence-electron chi connectivity index (χ1n) is 5.17. The number of ether oxygens (including phenoxy) is 1. The highest BCUT2D eigenvalue weighted by atomic mass is 32.2. The Morgan fingerprint density at radius 2 is 2.12 bits per heavy atom. The summed E-state index contributed by atoms with van der Waals surface area (Å²) >= 11 is 1.28. The highest BCUT2D eigenvalue weighted by molar-refractivity contribution is 7.99. The molecular formula is C10H17NO5S. The van der Waals surface area contributed by atoms with Crippen molar-refractivity contribution in [2.45, 2.75) is 32.4 Å². The van der Waals surface area contributed by atoms with E-state index in [9.17, 15) is 14.4 Å². The number of carboxylic acid groups (broad SMARTS) is 1. The fourth-order valence-corrected chi connectivity index (χ4v) is 1.80. The molecule has 0 aliphatic carbocycles. The van der Waals surface area contributed by atoms with E-state index in [0.29, 0.717) is 12.2 Å². The van der Waals surface area contributed by atoms with Gasteiger partial charge in [-0.05, 0) is 26.0 Å². The zero-order valence-electron chi connectivity index (χ0n) is 9.84. The van der Waals surface area contributed by atoms with Crippen molar-refractivity contribution in [1.29, 1.82) is 0 Å². The van der Waals surface area contributed by atoms with Gasteiger partial charge in [0.1, 0.15) is 6.04 Å². The highest BCUT2D eigenvalue weighted by Crippen LogP contribution is 2.06. The van der Waals surface area contributed by atoms with Crippen LogP contribution >= 0.6 is 11.8 Å². The number of thioether (sulfide) groups is 1. The third kappa shape index (κ3) is 8.56. The molecular weight excluding hydrogens is 246 g/mol. The number of carbonyl (C=O) groups is 3. The first-order chi connectivity index (χ1) is 7.97. The molecule has 7 heteroatoms. The molecule has 0 rings (SSSR count). The smallest absolute Gasteiger partial charge is 0.326 e. The summed E-state index contributed by atoms with van der Waals surface area (Å²) in [5.41, 5.74) is 0. The third-order valence-corrected chi connectivity index (χ3v) is 2.67. The summed E-state index contributed by atoms with van der Waals surface area (Å²) in [7, 11) is 0. The van der Waals surface area contributed by atoms with Crippen LogP contribution in [0.15, 0.2) is 0 Å². The molecule has 2 N–H and O–H groups in total. The van der Waals surface area contributed by atoms with Crippen LogP contribution in [0.5, 0.6) is 0 Å². The number of hydrogen-bond donors (Lipinski definition) is 2. The van der Waals surface area contributed by atoms with Crippen molar-refractivity contribution in [3.63, 3.8) is 0 Å². The molecule has 0 aromatic heterocycles. The topological polar surface area (TPSA) is 92.7 Å². The van der Waals surface area contributed by atoms with Crippen LogP contribution in [0.1, 0.15) is 20.3 Å². The van der Waals surface area contributed by atoms with Gasteiger partial charge in [-0.1, -0.05) is 0 Å². The molecule has 1 amide bonds. The Morgan fingerprint density at radius 1 is 1.47 bits per heavy atom. The quantitative estimate of drug-likeness (QED) is 0.352. The molecule has 1 atom stereocenters. The van der Waals surface area contributed by atoms with E-state index in [1.807, 2.05) is 0 Å². The van der Waals surface area contributed by atoms with Gasteiger partial charge in [-0.15, -0.1) is 0 Å². The van der Waals surface area contributed by atoms with Gasteiger partial charge in [-0.3, -0.25) is 9.59 Å². The summed E-state index contributed by atoms with van der Waals surface area (Å²) in [6, 6.07) is -0.902. The largest absolute Gasteiger partial charge is 0.480 e. The van der Waals surface area contributed by atoms with Crippen LogP contribution in [0.3, 0.4) is 0 Å². The molecule has 1 unspecified atom stereocenters. The maximum Gasteiger partial charge on any atom is 0.326 e. The van der Waals surface area contributed by atoms with E-state index in [1.54, 1.807) is 13.8 Å². The van der Waals surface area contributed by atoms with Gasteiger partial charge in [0.2, 0.25) is 6.41 Å². The van der Waals surface area contributed by atoms with Gasteiger partial charge in [-0.25, -0.2) is 4.79 Å². The maximum atomic E-state index is 11.1. The molecule has 0 saturated heterocycles. The molecule has 0 aliphatic rings. The van der Waals surface area contributed by atoms with Crippen LogP contribution < -0.4 is 5.32 Å². The number of nitrogens with one attached hydrogen (secondary N) is 1. The third-order valence-electron chi connectivity index (χ3n) is 1.71. The molecule has 0 spiro atoms. The van der Waals surface area contributed by atoms with Crippen molar-refractivity contribution in [3.05, 3.63) is 0 Å². The number of carbonyl (C=O) groups excluding carboxylic acids is 2. The Balaban J connectivity index is 3.71. The molecule has 0 radical (unpaired) electrons. The van der Waals surface area contributed by atoms with Crippen molar-refractivity contribution in [2.24, 2.45) is 0 Å². The van der Waals surface area contributed by atoms with Crippen molar-refractivity contribution in [2.75, 3.05) is 11.5 Å². The van der Waals surface area contributed by atoms with Crippen LogP contribution in [0.2, 0.25) is 0 Å². The Bertz CT molecular complexity index is 269. The number of carboxylic acids is 1. The zero-order chi connectivity index (χ0) is 13.3. The number of esters is 1. The summed E-state index contributed by atoms with van der Waals surface area (Å²) in [6.45, 7) is 3.52. The van der Waals surface area contributed by atoms with Gasteiger partial charge in [0.05, 0.1) is 11.9 Å². The summed E-state index contributed by atoms with van der Waals surface area (Å²) in [5.74, 6) is -0.751. The fraction of sp³-hybridized carbons (Fsp3) is 0.700. The second kappa shape index (κ2) is 8.86. The maximum absolute atomic E-state index is 11.1. The minimum Gasteiger partial charge on any atom is -0.480 e. The predicted octanol–water partition coefficient (Wildman–Crippen LogP) is 0.260. The second-order valence-electron chi connectivity index (χ2n) is 3.56. The molecule has 17 heavy (non-hydrogen) atoms. The average Bonchev–Trinajstić information content (AvgIpc) is 2.21. The molecule has 0 aromatic carbocycles. The highest BCUT2D eigenvalue weighted by Gasteiger charge is 2.15. The fourth-order valence-electron chi connectivity index (χ4n) is 1.01. The lowest BCUT2D eigenvalue weighted by atomic mass is 10.2. The normalized spacial score (nSPS) is 11.9. The van der Waals surface area contributed by atoms with Gasteiger partial charge >= 0.3 is 11.9 Å². The lowest BCUT2D eigenvalue weighted by Crippen LogP contribution is -2.36. The molecule has 0 bridgehead atoms. The number of amides is 1. The molecule has 0 saturated carbocycles. The molecule has 0 heterocycles. The van der Waals surface area contributed by atoms with Crippen molar-refractivity contribution in [1.82, 2.24) is 5.32 Å². The van der Waals surface area contributed by atoms with Gasteiger partial charge in [0, 0.05) is 0 Å². The van der Waals surface area contributed by atoms with E-state index < -0.39 is 12.0 Å². The van der Waals surface area contributed by atoms with E-state index >= 15 is 0 Å². The Morgan fingerprint density at radius 3 is 2.59 bits per heavy atom. The van der Waals surface area contributed by atoms with Crippen LogP contribution in [0, 0.1) is 0 Å². The van der Waals surface area contributed by atoms with E-state index in [2.05, 4.69) is 5.32 Å². The van der Waals surface area contributed by atoms with Gasteiger partial charge in [0.25, 0.3) is 0 Å². The van der Waals surface area contributed by atoms with Crippen LogP contribution in [-0.2, 0) is 19.1 Å². The first kappa shape index (κ1) is 15.8. The monoisotopic (exact) mass is 263 g/mol. The van der Waals surface area contributed by atoms with E-state index in [-0.39, 0.29) is 24.2 Å². The predicted molar refractivity (Wildman–Crippen MR) is 63.8 cm³/mol. The van der Waals surface area contributed by atoms with E-state index in [4.69, 9.17) is 9.84 Å². The summed E-state index contributed by atoms with van der Waals surface area (Å²) < 4.78 is 4.90. The molecule has 0 aliphatic heterocycles. The van der Waals surface area contributed by atoms with Gasteiger partial charge in [0.15, 0.2) is 0 Å². The molecule has 0 aromatic rings. The van der Waals surface area contributed by atoms with E-state index in [1.165, 1.54) is 11.8 Å². The van der Waals surface area contributed by atoms with E-state index in [0.717, 1.165) is 0 Å². The molecule has 98 valence electrons. The standard InChI is InChI=1S/C10H17NO5S/c1-7(2)16-9(13)5-17-4-3-8(10(14)15)11-6-12/h6-8H,3-5H2,1-2H3,(H,11,12)(H,14,15). The zero-order valence-corrected chi connectivity index (χ0v) is 10.7. The minimum absolute atomic E-state index is 0.147. The first-order valence-corrected chi connectivity index (χ1v) is 6.32. The van der Waals surface area contributed by atoms with Crippen LogP contribution in [0.4, 0.5) is 0 Å². The second-order valence-corrected chi connectivity index (χ2v) is 4.66. The average molecular weight is 263 g/mol. The lowest BCUT2D eigenvalue weighted by molar-refractivity contribution is -0.144. The Labute approximate surface area is 104 Å². The SMILES string of the molecule is CC(C)OC(=O)CSCCC(NC=O)C(=O)O. The number of rotatable bonds is 9. The Hall–Kier alpha value is -1.24. The lowest BCUT2D eigenvalue weighted by Gasteiger charge is -2.11. The van der Waals surface area contributed by atoms with Gasteiger partial charge in [-0.2, -0.15) is 11.8 Å². The van der Waals surface area contributed by atoms with Crippen molar-refractivity contribution in [3.8, 4) is 0 Å². The van der Waals surface area contributed by atoms with Crippen LogP contribution in [-0.4, -0.2) is 47.1 Å². The minimum atomic E-state index is -1.08. The molecule has 0 fully saturated rings. The summed E-state index contributed by atoms with van der Waals surface area (Å²) in [6.07, 6.45) is 0.482. The summed E-state index contributed by atoms with van der Waals surface area (Å²) in [4.78, 5) is 31.9. The van der Waals surface area contributed by atoms with Crippen LogP contribution in [0.25, 0.3) is 0 Å². The number of aliphatic carboxylic acids is 1. The molecule has 6 nitrogen and oxygen atoms in total. The number of hydrogen-bond acceptors (Lipinski definition) is 5. The summed E-state index contributed by atoms with van der Waals surface area (Å²) in [5, 5.41) is 10.9. The Kier molecular flexibility index (Phi) is 8.21. The van der Waals surface area contributed by atoms with Crippen molar-refractivity contribution >= 4 is 30.1 Å².